The molecule has 110 valence electrons. The van der Waals surface area contributed by atoms with Crippen LogP contribution in [0.4, 0.5) is 0 Å². The van der Waals surface area contributed by atoms with E-state index in [4.69, 9.17) is 0 Å². The van der Waals surface area contributed by atoms with E-state index in [0.717, 1.165) is 11.1 Å². The van der Waals surface area contributed by atoms with Crippen molar-refractivity contribution >= 4 is 11.8 Å². The number of aryl methyl sites for hydroxylation is 2. The first kappa shape index (κ1) is 16.2. The van der Waals surface area contributed by atoms with Crippen molar-refractivity contribution in [3.63, 3.8) is 0 Å². The highest BCUT2D eigenvalue weighted by Crippen LogP contribution is 2.11. The van der Waals surface area contributed by atoms with Gasteiger partial charge in [0.05, 0.1) is 6.54 Å². The van der Waals surface area contributed by atoms with Crippen LogP contribution in [-0.4, -0.2) is 35.8 Å². The Morgan fingerprint density at radius 2 is 1.75 bits per heavy atom. The van der Waals surface area contributed by atoms with E-state index >= 15 is 0 Å². The maximum absolute atomic E-state index is 12.3. The van der Waals surface area contributed by atoms with Crippen LogP contribution < -0.4 is 5.32 Å². The van der Waals surface area contributed by atoms with Crippen LogP contribution in [0.2, 0.25) is 0 Å². The topological polar surface area (TPSA) is 49.4 Å². The van der Waals surface area contributed by atoms with Crippen LogP contribution in [0.1, 0.15) is 42.3 Å². The van der Waals surface area contributed by atoms with Crippen molar-refractivity contribution in [2.45, 2.75) is 40.2 Å². The van der Waals surface area contributed by atoms with Crippen LogP contribution in [0.5, 0.6) is 0 Å². The van der Waals surface area contributed by atoms with Gasteiger partial charge in [-0.15, -0.1) is 0 Å². The fourth-order valence-electron chi connectivity index (χ4n) is 1.84. The van der Waals surface area contributed by atoms with Gasteiger partial charge in [0.1, 0.15) is 0 Å². The Kier molecular flexibility index (Phi) is 4.93. The van der Waals surface area contributed by atoms with E-state index in [9.17, 15) is 9.59 Å². The fraction of sp³-hybridized carbons (Fsp3) is 0.500. The summed E-state index contributed by atoms with van der Waals surface area (Å²) >= 11 is 0. The molecule has 0 saturated carbocycles. The second kappa shape index (κ2) is 6.07. The zero-order valence-electron chi connectivity index (χ0n) is 13.2. The van der Waals surface area contributed by atoms with Crippen molar-refractivity contribution in [2.75, 3.05) is 13.6 Å². The lowest BCUT2D eigenvalue weighted by Crippen LogP contribution is -2.46. The number of rotatable bonds is 3. The zero-order chi connectivity index (χ0) is 15.5. The number of benzene rings is 1. The predicted molar refractivity (Wildman–Crippen MR) is 80.8 cm³/mol. The molecular formula is C16H24N2O2. The van der Waals surface area contributed by atoms with Gasteiger partial charge in [0.15, 0.2) is 0 Å². The lowest BCUT2D eigenvalue weighted by molar-refractivity contribution is -0.122. The summed E-state index contributed by atoms with van der Waals surface area (Å²) in [6, 6.07) is 5.57. The van der Waals surface area contributed by atoms with Crippen molar-refractivity contribution in [1.82, 2.24) is 10.2 Å². The molecule has 4 nitrogen and oxygen atoms in total. The number of hydrogen-bond donors (Lipinski definition) is 1. The van der Waals surface area contributed by atoms with Crippen LogP contribution in [0, 0.1) is 13.8 Å². The average molecular weight is 276 g/mol. The molecule has 0 radical (unpaired) electrons. The minimum Gasteiger partial charge on any atom is -0.350 e. The molecular weight excluding hydrogens is 252 g/mol. The van der Waals surface area contributed by atoms with Gasteiger partial charge in [-0.2, -0.15) is 0 Å². The molecule has 20 heavy (non-hydrogen) atoms. The molecule has 1 aromatic rings. The van der Waals surface area contributed by atoms with E-state index in [0.29, 0.717) is 5.56 Å². The molecule has 0 saturated heterocycles. The normalized spacial score (nSPS) is 11.1. The van der Waals surface area contributed by atoms with Crippen LogP contribution >= 0.6 is 0 Å². The molecule has 0 aliphatic carbocycles. The van der Waals surface area contributed by atoms with Gasteiger partial charge in [-0.3, -0.25) is 9.59 Å². The Bertz CT molecular complexity index is 516. The van der Waals surface area contributed by atoms with Crippen LogP contribution in [0.25, 0.3) is 0 Å². The van der Waals surface area contributed by atoms with Gasteiger partial charge in [0.25, 0.3) is 5.91 Å². The summed E-state index contributed by atoms with van der Waals surface area (Å²) in [6.45, 7) is 9.77. The molecule has 1 aromatic carbocycles. The first-order valence-corrected chi connectivity index (χ1v) is 6.74. The fourth-order valence-corrected chi connectivity index (χ4v) is 1.84. The lowest BCUT2D eigenvalue weighted by atomic mass is 10.1. The summed E-state index contributed by atoms with van der Waals surface area (Å²) in [7, 11) is 1.64. The number of likely N-dealkylation sites (N-methyl/N-ethyl adjacent to an activating group) is 1. The second-order valence-electron chi connectivity index (χ2n) is 6.26. The molecule has 0 aliphatic heterocycles. The molecule has 0 heterocycles. The monoisotopic (exact) mass is 276 g/mol. The molecule has 0 spiro atoms. The molecule has 1 rings (SSSR count). The number of carbonyl (C=O) groups excluding carboxylic acids is 2. The summed E-state index contributed by atoms with van der Waals surface area (Å²) in [5.41, 5.74) is 2.54. The molecule has 0 aromatic heterocycles. The molecule has 0 atom stereocenters. The minimum atomic E-state index is -0.290. The van der Waals surface area contributed by atoms with Gasteiger partial charge in [-0.1, -0.05) is 6.07 Å². The minimum absolute atomic E-state index is 0.0586. The summed E-state index contributed by atoms with van der Waals surface area (Å²) in [5, 5.41) is 2.84. The van der Waals surface area contributed by atoms with Crippen molar-refractivity contribution in [2.24, 2.45) is 0 Å². The van der Waals surface area contributed by atoms with Crippen LogP contribution in [-0.2, 0) is 4.79 Å². The molecule has 4 heteroatoms. The maximum Gasteiger partial charge on any atom is 0.254 e. The third-order valence-electron chi connectivity index (χ3n) is 3.00. The maximum atomic E-state index is 12.3. The van der Waals surface area contributed by atoms with Gasteiger partial charge in [0.2, 0.25) is 5.91 Å². The van der Waals surface area contributed by atoms with Crippen molar-refractivity contribution < 1.29 is 9.59 Å². The number of carbonyl (C=O) groups is 2. The Morgan fingerprint density at radius 1 is 1.15 bits per heavy atom. The van der Waals surface area contributed by atoms with E-state index in [1.165, 1.54) is 4.90 Å². The number of hydrogen-bond acceptors (Lipinski definition) is 2. The standard InChI is InChI=1S/C16H24N2O2/c1-11-7-8-13(9-12(11)2)15(20)18(6)10-14(19)17-16(3,4)5/h7-9H,10H2,1-6H3,(H,17,19). The highest BCUT2D eigenvalue weighted by atomic mass is 16.2. The van der Waals surface area contributed by atoms with Crippen LogP contribution in [0.3, 0.4) is 0 Å². The Balaban J connectivity index is 2.72. The highest BCUT2D eigenvalue weighted by molar-refractivity contribution is 5.96. The van der Waals surface area contributed by atoms with Gasteiger partial charge in [-0.25, -0.2) is 0 Å². The summed E-state index contributed by atoms with van der Waals surface area (Å²) in [4.78, 5) is 25.5. The molecule has 0 unspecified atom stereocenters. The molecule has 0 bridgehead atoms. The second-order valence-corrected chi connectivity index (χ2v) is 6.26. The zero-order valence-corrected chi connectivity index (χ0v) is 13.2. The Hall–Kier alpha value is -1.84. The highest BCUT2D eigenvalue weighted by Gasteiger charge is 2.18. The van der Waals surface area contributed by atoms with E-state index in [2.05, 4.69) is 5.32 Å². The van der Waals surface area contributed by atoms with Crippen LogP contribution in [0.15, 0.2) is 18.2 Å². The third kappa shape index (κ3) is 4.68. The van der Waals surface area contributed by atoms with Crippen molar-refractivity contribution in [3.8, 4) is 0 Å². The SMILES string of the molecule is Cc1ccc(C(=O)N(C)CC(=O)NC(C)(C)C)cc1C. The molecule has 1 N–H and O–H groups in total. The first-order chi connectivity index (χ1) is 9.10. The van der Waals surface area contributed by atoms with Gasteiger partial charge in [-0.05, 0) is 57.9 Å². The number of nitrogens with one attached hydrogen (secondary N) is 1. The van der Waals surface area contributed by atoms with E-state index < -0.39 is 0 Å². The third-order valence-corrected chi connectivity index (χ3v) is 3.00. The molecule has 0 aliphatic rings. The smallest absolute Gasteiger partial charge is 0.254 e. The van der Waals surface area contributed by atoms with Gasteiger partial charge in [0, 0.05) is 18.2 Å². The molecule has 2 amide bonds. The van der Waals surface area contributed by atoms with Gasteiger partial charge < -0.3 is 10.2 Å². The Labute approximate surface area is 121 Å². The van der Waals surface area contributed by atoms with Crippen molar-refractivity contribution in [3.05, 3.63) is 34.9 Å². The van der Waals surface area contributed by atoms with E-state index in [-0.39, 0.29) is 23.9 Å². The largest absolute Gasteiger partial charge is 0.350 e. The quantitative estimate of drug-likeness (QED) is 0.921. The van der Waals surface area contributed by atoms with E-state index in [1.807, 2.05) is 46.8 Å². The van der Waals surface area contributed by atoms with E-state index in [1.54, 1.807) is 13.1 Å². The number of amides is 2. The Morgan fingerprint density at radius 3 is 2.25 bits per heavy atom. The first-order valence-electron chi connectivity index (χ1n) is 6.74. The van der Waals surface area contributed by atoms with Crippen molar-refractivity contribution in [1.29, 1.82) is 0 Å². The average Bonchev–Trinajstić information content (AvgIpc) is 2.29. The molecule has 0 fully saturated rings. The summed E-state index contributed by atoms with van der Waals surface area (Å²) in [5.74, 6) is -0.297. The predicted octanol–water partition coefficient (Wildman–Crippen LogP) is 2.29. The van der Waals surface area contributed by atoms with Gasteiger partial charge >= 0.3 is 0 Å². The number of nitrogens with zero attached hydrogens (tertiary/aromatic N) is 1. The lowest BCUT2D eigenvalue weighted by Gasteiger charge is -2.23. The summed E-state index contributed by atoms with van der Waals surface area (Å²) < 4.78 is 0. The summed E-state index contributed by atoms with van der Waals surface area (Å²) in [6.07, 6.45) is 0.